The number of esters is 1. The van der Waals surface area contributed by atoms with E-state index in [1.54, 1.807) is 0 Å². The van der Waals surface area contributed by atoms with Crippen LogP contribution in [0.1, 0.15) is 27.0 Å². The second-order valence-electron chi connectivity index (χ2n) is 3.64. The van der Waals surface area contributed by atoms with Gasteiger partial charge in [-0.3, -0.25) is 0 Å². The first-order valence-corrected chi connectivity index (χ1v) is 5.16. The summed E-state index contributed by atoms with van der Waals surface area (Å²) in [5, 5.41) is 0. The summed E-state index contributed by atoms with van der Waals surface area (Å²) in [4.78, 5) is 11.5. The van der Waals surface area contributed by atoms with Crippen molar-refractivity contribution in [3.8, 4) is 0 Å². The van der Waals surface area contributed by atoms with E-state index in [1.165, 1.54) is 7.11 Å². The Morgan fingerprint density at radius 2 is 2.12 bits per heavy atom. The Morgan fingerprint density at radius 1 is 1.44 bits per heavy atom. The summed E-state index contributed by atoms with van der Waals surface area (Å²) in [6.45, 7) is 4.38. The van der Waals surface area contributed by atoms with E-state index in [2.05, 4.69) is 0 Å². The molecule has 0 spiro atoms. The van der Waals surface area contributed by atoms with E-state index in [0.29, 0.717) is 12.1 Å². The molecule has 0 aliphatic carbocycles. The van der Waals surface area contributed by atoms with Crippen molar-refractivity contribution in [3.63, 3.8) is 0 Å². The average molecular weight is 219 g/mol. The summed E-state index contributed by atoms with van der Waals surface area (Å²) in [7, 11) is 1.39. The highest BCUT2D eigenvalue weighted by Gasteiger charge is 2.11. The van der Waals surface area contributed by atoms with E-state index < -0.39 is 0 Å². The predicted octanol–water partition coefficient (Wildman–Crippen LogP) is 2.06. The highest BCUT2D eigenvalue weighted by molar-refractivity contribution is 5.92. The molecule has 0 atom stereocenters. The molecule has 0 saturated carbocycles. The predicted molar refractivity (Wildman–Crippen MR) is 65.3 cm³/mol. The number of hydrogen-bond donors (Lipinski definition) is 1. The number of carbonyl (C=O) groups excluding carboxylic acids is 1. The van der Waals surface area contributed by atoms with Gasteiger partial charge in [-0.15, -0.1) is 0 Å². The Balaban J connectivity index is 3.22. The molecule has 2 N–H and O–H groups in total. The molecule has 86 valence electrons. The van der Waals surface area contributed by atoms with Gasteiger partial charge in [-0.25, -0.2) is 4.79 Å². The quantitative estimate of drug-likeness (QED) is 0.792. The number of rotatable bonds is 3. The van der Waals surface area contributed by atoms with Gasteiger partial charge in [-0.2, -0.15) is 0 Å². The lowest BCUT2D eigenvalue weighted by Gasteiger charge is -2.08. The van der Waals surface area contributed by atoms with Crippen molar-refractivity contribution < 1.29 is 9.53 Å². The largest absolute Gasteiger partial charge is 0.465 e. The molecule has 0 aromatic heterocycles. The number of nitrogens with two attached hydrogens (primary N) is 1. The van der Waals surface area contributed by atoms with Crippen molar-refractivity contribution in [2.75, 3.05) is 13.7 Å². The first-order chi connectivity index (χ1) is 7.60. The molecule has 0 saturated heterocycles. The molecule has 0 fully saturated rings. The molecule has 0 heterocycles. The Hall–Kier alpha value is -1.61. The van der Waals surface area contributed by atoms with Crippen molar-refractivity contribution in [2.45, 2.75) is 13.8 Å². The minimum atomic E-state index is -0.302. The molecule has 1 rings (SSSR count). The first-order valence-electron chi connectivity index (χ1n) is 5.16. The molecule has 1 aromatic rings. The van der Waals surface area contributed by atoms with Gasteiger partial charge in [0.05, 0.1) is 12.7 Å². The molecule has 16 heavy (non-hydrogen) atoms. The minimum Gasteiger partial charge on any atom is -0.465 e. The maximum absolute atomic E-state index is 11.5. The second-order valence-corrected chi connectivity index (χ2v) is 3.64. The van der Waals surface area contributed by atoms with Gasteiger partial charge in [0, 0.05) is 6.54 Å². The minimum absolute atomic E-state index is 0.302. The Kier molecular flexibility index (Phi) is 4.26. The van der Waals surface area contributed by atoms with Crippen LogP contribution >= 0.6 is 0 Å². The molecule has 3 nitrogen and oxygen atoms in total. The van der Waals surface area contributed by atoms with Crippen molar-refractivity contribution in [1.82, 2.24) is 0 Å². The smallest absolute Gasteiger partial charge is 0.338 e. The lowest BCUT2D eigenvalue weighted by Crippen LogP contribution is -2.05. The lowest BCUT2D eigenvalue weighted by molar-refractivity contribution is 0.0600. The zero-order valence-corrected chi connectivity index (χ0v) is 9.91. The Morgan fingerprint density at radius 3 is 2.69 bits per heavy atom. The average Bonchev–Trinajstić information content (AvgIpc) is 2.29. The molecule has 0 aliphatic heterocycles. The van der Waals surface area contributed by atoms with Crippen LogP contribution in [0, 0.1) is 13.8 Å². The normalized spacial score (nSPS) is 10.8. The fraction of sp³-hybridized carbons (Fsp3) is 0.308. The lowest BCUT2D eigenvalue weighted by atomic mass is 9.99. The van der Waals surface area contributed by atoms with E-state index in [9.17, 15) is 4.79 Å². The van der Waals surface area contributed by atoms with Gasteiger partial charge in [0.25, 0.3) is 0 Å². The van der Waals surface area contributed by atoms with E-state index in [0.717, 1.165) is 16.7 Å². The van der Waals surface area contributed by atoms with Crippen LogP contribution in [-0.4, -0.2) is 19.6 Å². The Labute approximate surface area is 95.9 Å². The molecule has 0 amide bonds. The van der Waals surface area contributed by atoms with Gasteiger partial charge in [0.15, 0.2) is 0 Å². The van der Waals surface area contributed by atoms with Crippen molar-refractivity contribution in [1.29, 1.82) is 0 Å². The fourth-order valence-electron chi connectivity index (χ4n) is 1.51. The van der Waals surface area contributed by atoms with Crippen LogP contribution in [0.4, 0.5) is 0 Å². The summed E-state index contributed by atoms with van der Waals surface area (Å²) in [5.74, 6) is -0.302. The van der Waals surface area contributed by atoms with Gasteiger partial charge in [-0.1, -0.05) is 18.2 Å². The number of benzene rings is 1. The highest BCUT2D eigenvalue weighted by atomic mass is 16.5. The maximum Gasteiger partial charge on any atom is 0.338 e. The molecular weight excluding hydrogens is 202 g/mol. The maximum atomic E-state index is 11.5. The summed E-state index contributed by atoms with van der Waals surface area (Å²) in [6.07, 6.45) is 3.75. The zero-order chi connectivity index (χ0) is 12.1. The third-order valence-electron chi connectivity index (χ3n) is 2.54. The van der Waals surface area contributed by atoms with Crippen molar-refractivity contribution >= 4 is 12.0 Å². The molecule has 0 bridgehead atoms. The summed E-state index contributed by atoms with van der Waals surface area (Å²) in [6, 6.07) is 3.84. The van der Waals surface area contributed by atoms with Crippen LogP contribution in [0.15, 0.2) is 18.2 Å². The van der Waals surface area contributed by atoms with E-state index in [-0.39, 0.29) is 5.97 Å². The molecule has 0 aliphatic rings. The van der Waals surface area contributed by atoms with Crippen molar-refractivity contribution in [3.05, 3.63) is 40.5 Å². The van der Waals surface area contributed by atoms with Crippen molar-refractivity contribution in [2.24, 2.45) is 5.73 Å². The first kappa shape index (κ1) is 12.5. The van der Waals surface area contributed by atoms with Crippen LogP contribution < -0.4 is 5.73 Å². The van der Waals surface area contributed by atoms with E-state index >= 15 is 0 Å². The van der Waals surface area contributed by atoms with Crippen LogP contribution in [-0.2, 0) is 4.74 Å². The highest BCUT2D eigenvalue weighted by Crippen LogP contribution is 2.18. The second kappa shape index (κ2) is 5.47. The number of ether oxygens (including phenoxy) is 1. The van der Waals surface area contributed by atoms with Crippen LogP contribution in [0.5, 0.6) is 0 Å². The number of carbonyl (C=O) groups is 1. The van der Waals surface area contributed by atoms with E-state index in [1.807, 2.05) is 38.1 Å². The third-order valence-corrected chi connectivity index (χ3v) is 2.54. The molecule has 0 radical (unpaired) electrons. The van der Waals surface area contributed by atoms with Gasteiger partial charge in [0.1, 0.15) is 0 Å². The fourth-order valence-corrected chi connectivity index (χ4v) is 1.51. The number of methoxy groups -OCH3 is 1. The molecule has 0 unspecified atom stereocenters. The SMILES string of the molecule is COC(=O)c1cc(/C=C/CN)cc(C)c1C. The standard InChI is InChI=1S/C13H17NO2/c1-9-7-11(5-4-6-14)8-12(10(9)2)13(15)16-3/h4-5,7-8H,6,14H2,1-3H3/b5-4+. The van der Waals surface area contributed by atoms with Crippen LogP contribution in [0.2, 0.25) is 0 Å². The van der Waals surface area contributed by atoms with E-state index in [4.69, 9.17) is 10.5 Å². The van der Waals surface area contributed by atoms with Gasteiger partial charge < -0.3 is 10.5 Å². The summed E-state index contributed by atoms with van der Waals surface area (Å²) >= 11 is 0. The third kappa shape index (κ3) is 2.70. The summed E-state index contributed by atoms with van der Waals surface area (Å²) in [5.41, 5.74) is 8.99. The summed E-state index contributed by atoms with van der Waals surface area (Å²) < 4.78 is 4.74. The Bertz CT molecular complexity index is 422. The molecule has 1 aromatic carbocycles. The van der Waals surface area contributed by atoms with Crippen LogP contribution in [0.3, 0.4) is 0 Å². The molecular formula is C13H17NO2. The van der Waals surface area contributed by atoms with Crippen LogP contribution in [0.25, 0.3) is 6.08 Å². The van der Waals surface area contributed by atoms with Gasteiger partial charge in [-0.05, 0) is 36.6 Å². The zero-order valence-electron chi connectivity index (χ0n) is 9.91. The number of aryl methyl sites for hydroxylation is 1. The van der Waals surface area contributed by atoms with Gasteiger partial charge >= 0.3 is 5.97 Å². The monoisotopic (exact) mass is 219 g/mol. The topological polar surface area (TPSA) is 52.3 Å². The number of hydrogen-bond acceptors (Lipinski definition) is 3. The van der Waals surface area contributed by atoms with Gasteiger partial charge in [0.2, 0.25) is 0 Å². The molecule has 3 heteroatoms.